The third-order valence-corrected chi connectivity index (χ3v) is 7.80. The number of rotatable bonds is 6. The molecule has 1 fully saturated rings. The van der Waals surface area contributed by atoms with Crippen molar-refractivity contribution in [2.45, 2.75) is 57.5 Å². The first-order valence-electron chi connectivity index (χ1n) is 12.1. The van der Waals surface area contributed by atoms with Crippen LogP contribution in [0.5, 0.6) is 0 Å². The van der Waals surface area contributed by atoms with Gasteiger partial charge in [0.25, 0.3) is 15.9 Å². The van der Waals surface area contributed by atoms with Crippen molar-refractivity contribution in [2.24, 2.45) is 5.92 Å². The second-order valence-electron chi connectivity index (χ2n) is 10.4. The Kier molecular flexibility index (Phi) is 6.79. The summed E-state index contributed by atoms with van der Waals surface area (Å²) in [6, 6.07) is 15.8. The van der Waals surface area contributed by atoms with Gasteiger partial charge in [0.2, 0.25) is 0 Å². The Morgan fingerprint density at radius 1 is 1.11 bits per heavy atom. The maximum atomic E-state index is 13.3. The third-order valence-electron chi connectivity index (χ3n) is 6.57. The molecule has 1 aliphatic rings. The molecule has 3 aromatic rings. The summed E-state index contributed by atoms with van der Waals surface area (Å²) in [6.07, 6.45) is 0.925. The molecular weight excluding hydrogens is 474 g/mol. The van der Waals surface area contributed by atoms with Gasteiger partial charge in [-0.2, -0.15) is 8.42 Å². The lowest BCUT2D eigenvalue weighted by molar-refractivity contribution is 0.0981. The van der Waals surface area contributed by atoms with Crippen LogP contribution in [0.1, 0.15) is 65.7 Å². The molecule has 4 rings (SSSR count). The summed E-state index contributed by atoms with van der Waals surface area (Å²) in [5.41, 5.74) is 8.44. The number of nitrogens with one attached hydrogen (secondary N) is 1. The molecule has 9 heteroatoms. The molecule has 0 spiro atoms. The Morgan fingerprint density at radius 2 is 1.81 bits per heavy atom. The molecule has 3 N–H and O–H groups in total. The van der Waals surface area contributed by atoms with Gasteiger partial charge in [-0.15, -0.1) is 0 Å². The minimum Gasteiger partial charge on any atom is -0.384 e. The van der Waals surface area contributed by atoms with E-state index in [4.69, 9.17) is 10.7 Å². The van der Waals surface area contributed by atoms with E-state index in [9.17, 15) is 13.2 Å². The Balaban J connectivity index is 0.00000253. The Bertz CT molecular complexity index is 1400. The number of aromatic nitrogens is 2. The van der Waals surface area contributed by atoms with Gasteiger partial charge < -0.3 is 10.6 Å². The molecule has 0 unspecified atom stereocenters. The van der Waals surface area contributed by atoms with Crippen LogP contribution in [-0.4, -0.2) is 36.4 Å². The van der Waals surface area contributed by atoms with Crippen molar-refractivity contribution in [2.75, 3.05) is 17.2 Å². The summed E-state index contributed by atoms with van der Waals surface area (Å²) < 4.78 is 27.9. The fourth-order valence-electron chi connectivity index (χ4n) is 4.80. The number of nitrogen functional groups attached to an aromatic ring is 1. The molecule has 1 aromatic carbocycles. The van der Waals surface area contributed by atoms with Crippen LogP contribution in [0.15, 0.2) is 59.6 Å². The second kappa shape index (κ2) is 9.54. The highest BCUT2D eigenvalue weighted by Gasteiger charge is 2.39. The molecular formula is C27H37N5O3S. The normalized spacial score (nSPS) is 17.4. The topological polar surface area (TPSA) is 118 Å². The van der Waals surface area contributed by atoms with Gasteiger partial charge in [-0.3, -0.25) is 4.79 Å². The van der Waals surface area contributed by atoms with Crippen LogP contribution in [0.25, 0.3) is 11.3 Å². The van der Waals surface area contributed by atoms with Crippen LogP contribution in [0, 0.1) is 5.92 Å². The number of hydrogen-bond acceptors (Lipinski definition) is 7. The van der Waals surface area contributed by atoms with E-state index in [2.05, 4.69) is 61.4 Å². The number of amides is 1. The number of pyridine rings is 2. The lowest BCUT2D eigenvalue weighted by Gasteiger charge is -2.34. The largest absolute Gasteiger partial charge is 0.384 e. The van der Waals surface area contributed by atoms with Crippen molar-refractivity contribution in [1.29, 1.82) is 0 Å². The van der Waals surface area contributed by atoms with Crippen LogP contribution in [0.3, 0.4) is 0 Å². The van der Waals surface area contributed by atoms with E-state index in [1.165, 1.54) is 23.8 Å². The predicted molar refractivity (Wildman–Crippen MR) is 146 cm³/mol. The van der Waals surface area contributed by atoms with Gasteiger partial charge in [0.1, 0.15) is 11.6 Å². The number of sulfonamides is 1. The average Bonchev–Trinajstić information content (AvgIpc) is 3.10. The average molecular weight is 512 g/mol. The number of carbonyl (C=O) groups is 1. The second-order valence-corrected chi connectivity index (χ2v) is 12.0. The molecule has 0 aliphatic carbocycles. The van der Waals surface area contributed by atoms with Gasteiger partial charge in [0.05, 0.1) is 11.3 Å². The number of nitrogens with two attached hydrogens (primary N) is 1. The summed E-state index contributed by atoms with van der Waals surface area (Å²) in [4.78, 5) is 24.2. The maximum absolute atomic E-state index is 13.3. The number of benzene rings is 1. The highest BCUT2D eigenvalue weighted by molar-refractivity contribution is 7.90. The fraction of sp³-hybridized carbons (Fsp3) is 0.370. The van der Waals surface area contributed by atoms with E-state index in [1.807, 2.05) is 12.1 Å². The van der Waals surface area contributed by atoms with E-state index in [0.717, 1.165) is 12.0 Å². The summed E-state index contributed by atoms with van der Waals surface area (Å²) in [5, 5.41) is -0.317. The van der Waals surface area contributed by atoms with Crippen molar-refractivity contribution in [3.63, 3.8) is 0 Å². The number of anilines is 2. The first kappa shape index (κ1) is 25.6. The smallest absolute Gasteiger partial charge is 0.281 e. The maximum Gasteiger partial charge on any atom is 0.281 e. The van der Waals surface area contributed by atoms with Crippen LogP contribution in [0.2, 0.25) is 0 Å². The highest BCUT2D eigenvalue weighted by atomic mass is 32.2. The Morgan fingerprint density at radius 3 is 2.39 bits per heavy atom. The van der Waals surface area contributed by atoms with Gasteiger partial charge in [-0.25, -0.2) is 14.7 Å². The highest BCUT2D eigenvalue weighted by Crippen LogP contribution is 2.38. The zero-order chi connectivity index (χ0) is 26.3. The Hall–Kier alpha value is -3.46. The van der Waals surface area contributed by atoms with E-state index in [-0.39, 0.29) is 24.8 Å². The summed E-state index contributed by atoms with van der Waals surface area (Å²) in [5.74, 6) is 0.555. The molecule has 8 nitrogen and oxygen atoms in total. The SMILES string of the molecule is CC(C)c1ccc(-c2ccc(C(=O)NS(=O)(=O)c3cccc(N)n3)c(N3C[C@@H](C)CC3(C)C)n2)cc1.[HH].[HH]. The molecule has 1 aliphatic heterocycles. The predicted octanol–water partition coefficient (Wildman–Crippen LogP) is 5.08. The number of hydrogen-bond donors (Lipinski definition) is 2. The zero-order valence-corrected chi connectivity index (χ0v) is 22.1. The van der Waals surface area contributed by atoms with Crippen LogP contribution < -0.4 is 15.4 Å². The summed E-state index contributed by atoms with van der Waals surface area (Å²) in [7, 11) is -4.22. The third kappa shape index (κ3) is 5.21. The molecule has 1 atom stereocenters. The lowest BCUT2D eigenvalue weighted by Crippen LogP contribution is -2.41. The molecule has 2 aromatic heterocycles. The van der Waals surface area contributed by atoms with Crippen molar-refractivity contribution < 1.29 is 16.1 Å². The molecule has 3 heterocycles. The minimum atomic E-state index is -4.22. The molecule has 0 bridgehead atoms. The van der Waals surface area contributed by atoms with Gasteiger partial charge in [0, 0.05) is 20.5 Å². The number of carbonyl (C=O) groups excluding carboxylic acids is 1. The molecule has 1 saturated heterocycles. The van der Waals surface area contributed by atoms with E-state index in [1.54, 1.807) is 12.1 Å². The van der Waals surface area contributed by atoms with E-state index in [0.29, 0.717) is 29.9 Å². The first-order valence-corrected chi connectivity index (χ1v) is 13.5. The van der Waals surface area contributed by atoms with Crippen molar-refractivity contribution in [3.8, 4) is 11.3 Å². The fourth-order valence-corrected chi connectivity index (χ4v) is 5.74. The van der Waals surface area contributed by atoms with Crippen molar-refractivity contribution >= 4 is 27.6 Å². The lowest BCUT2D eigenvalue weighted by atomic mass is 9.97. The quantitative estimate of drug-likeness (QED) is 0.473. The van der Waals surface area contributed by atoms with Crippen molar-refractivity contribution in [3.05, 3.63) is 65.7 Å². The summed E-state index contributed by atoms with van der Waals surface area (Å²) in [6.45, 7) is 11.4. The van der Waals surface area contributed by atoms with Crippen molar-refractivity contribution in [1.82, 2.24) is 14.7 Å². The minimum absolute atomic E-state index is 0. The van der Waals surface area contributed by atoms with Gasteiger partial charge in [-0.1, -0.05) is 51.1 Å². The van der Waals surface area contributed by atoms with E-state index >= 15 is 0 Å². The monoisotopic (exact) mass is 511 g/mol. The Labute approximate surface area is 216 Å². The first-order chi connectivity index (χ1) is 16.9. The molecule has 0 saturated carbocycles. The van der Waals surface area contributed by atoms with Crippen LogP contribution in [0.4, 0.5) is 11.6 Å². The van der Waals surface area contributed by atoms with Gasteiger partial charge in [0.15, 0.2) is 5.03 Å². The molecule has 1 amide bonds. The number of nitrogens with zero attached hydrogens (tertiary/aromatic N) is 3. The molecule has 194 valence electrons. The summed E-state index contributed by atoms with van der Waals surface area (Å²) >= 11 is 0. The molecule has 0 radical (unpaired) electrons. The van der Waals surface area contributed by atoms with Crippen LogP contribution in [-0.2, 0) is 10.0 Å². The standard InChI is InChI=1S/C27H33N5O3S.2H2/c1-17(2)19-9-11-20(12-10-19)22-14-13-21(25(29-22)32-16-18(3)15-27(32,4)5)26(33)31-36(34,35)24-8-6-7-23(28)30-24;;/h6-14,17-18H,15-16H2,1-5H3,(H2,28,30)(H,31,33);2*1H/t18-;;/m0../s1. The zero-order valence-electron chi connectivity index (χ0n) is 21.3. The van der Waals surface area contributed by atoms with Gasteiger partial charge >= 0.3 is 0 Å². The van der Waals surface area contributed by atoms with Gasteiger partial charge in [-0.05, 0) is 61.9 Å². The van der Waals surface area contributed by atoms with Crippen LogP contribution >= 0.6 is 0 Å². The van der Waals surface area contributed by atoms with E-state index < -0.39 is 15.9 Å². The molecule has 36 heavy (non-hydrogen) atoms.